The topological polar surface area (TPSA) is 19.4 Å². The van der Waals surface area contributed by atoms with Crippen LogP contribution in [0.5, 0.6) is 0 Å². The van der Waals surface area contributed by atoms with Gasteiger partial charge in [-0.25, -0.2) is 0 Å². The molecule has 6 nitrogen and oxygen atoms in total. The van der Waals surface area contributed by atoms with E-state index in [1.165, 1.54) is 84.6 Å². The fourth-order valence-corrected chi connectivity index (χ4v) is 20.2. The van der Waals surface area contributed by atoms with Crippen molar-refractivity contribution in [2.75, 3.05) is 29.4 Å². The molecule has 0 atom stereocenters. The van der Waals surface area contributed by atoms with Crippen LogP contribution in [0.2, 0.25) is 0 Å². The average molecular weight is 1370 g/mol. The fourth-order valence-electron chi connectivity index (χ4n) is 16.2. The summed E-state index contributed by atoms with van der Waals surface area (Å²) in [5, 5.41) is 2.61. The van der Waals surface area contributed by atoms with Gasteiger partial charge in [0.15, 0.2) is 0 Å². The quantitative estimate of drug-likeness (QED) is 0.126. The summed E-state index contributed by atoms with van der Waals surface area (Å²) in [5.74, 6) is 0. The van der Waals surface area contributed by atoms with Gasteiger partial charge in [-0.2, -0.15) is 0 Å². The number of fused-ring (bicyclic) bond motifs is 12. The Kier molecular flexibility index (Phi) is 14.0. The zero-order valence-electron chi connectivity index (χ0n) is 56.7. The molecule has 6 heterocycles. The van der Waals surface area contributed by atoms with E-state index in [4.69, 9.17) is 0 Å². The second-order valence-electron chi connectivity index (χ2n) is 28.9. The number of hydrogen-bond donors (Lipinski definition) is 0. The predicted octanol–water partition coefficient (Wildman–Crippen LogP) is 20.8. The molecule has 4 aliphatic heterocycles. The molecule has 0 fully saturated rings. The van der Waals surface area contributed by atoms with Gasteiger partial charge in [0.1, 0.15) is 0 Å². The Labute approximate surface area is 596 Å². The van der Waals surface area contributed by atoms with Gasteiger partial charge in [0.05, 0.1) is 0 Å². The molecule has 13 aromatic carbocycles. The Morgan fingerprint density at radius 3 is 1.08 bits per heavy atom. The first kappa shape index (κ1) is 60.2. The van der Waals surface area contributed by atoms with E-state index in [2.05, 4.69) is 386 Å². The van der Waals surface area contributed by atoms with Crippen LogP contribution in [0.4, 0.5) is 102 Å². The first-order valence-corrected chi connectivity index (χ1v) is 37.3. The van der Waals surface area contributed by atoms with Crippen LogP contribution in [0.3, 0.4) is 0 Å². The molecule has 15 aromatic rings. The summed E-state index contributed by atoms with van der Waals surface area (Å²) in [6, 6.07) is 119. The summed E-state index contributed by atoms with van der Waals surface area (Å²) >= 11 is 1.91. The number of anilines is 18. The van der Waals surface area contributed by atoms with Crippen LogP contribution < -0.4 is 60.4 Å². The minimum atomic E-state index is -0.177. The molecule has 0 bridgehead atoms. The van der Waals surface area contributed by atoms with Gasteiger partial charge in [0.25, 0.3) is 0 Å². The molecular formula is C90H70B2N6SSe. The van der Waals surface area contributed by atoms with Crippen LogP contribution in [-0.4, -0.2) is 27.9 Å². The predicted molar refractivity (Wildman–Crippen MR) is 431 cm³/mol. The molecule has 478 valence electrons. The van der Waals surface area contributed by atoms with Crippen molar-refractivity contribution in [2.24, 2.45) is 0 Å². The van der Waals surface area contributed by atoms with Crippen molar-refractivity contribution in [3.8, 4) is 0 Å². The third kappa shape index (κ3) is 9.59. The zero-order chi connectivity index (χ0) is 67.1. The summed E-state index contributed by atoms with van der Waals surface area (Å²) in [5.41, 5.74) is 28.2. The Bertz CT molecular complexity index is 5240. The molecule has 0 saturated carbocycles. The first-order chi connectivity index (χ1) is 48.9. The molecule has 0 saturated heterocycles. The van der Waals surface area contributed by atoms with Crippen LogP contribution in [0.25, 0.3) is 19.7 Å². The molecule has 0 radical (unpaired) electrons. The maximum absolute atomic E-state index is 2.73. The minimum absolute atomic E-state index is 0.0608. The van der Waals surface area contributed by atoms with Crippen molar-refractivity contribution < 1.29 is 0 Å². The number of benzene rings is 13. The summed E-state index contributed by atoms with van der Waals surface area (Å²) in [6.45, 7) is 13.8. The number of para-hydroxylation sites is 8. The second kappa shape index (κ2) is 23.3. The first-order valence-electron chi connectivity index (χ1n) is 34.8. The fraction of sp³-hybridized carbons (Fsp3) is 0.0889. The van der Waals surface area contributed by atoms with Crippen molar-refractivity contribution in [1.29, 1.82) is 0 Å². The Balaban J connectivity index is 0.973. The molecule has 0 amide bonds. The molecule has 0 N–H and O–H groups in total. The molecule has 0 unspecified atom stereocenters. The van der Waals surface area contributed by atoms with E-state index < -0.39 is 0 Å². The molecule has 19 rings (SSSR count). The van der Waals surface area contributed by atoms with Crippen molar-refractivity contribution in [1.82, 2.24) is 0 Å². The SMILES string of the molecule is CC(C)(C)c1ccc2sc3c(c2c1)N(c1ccccc1)c1cc(N(c2ccccc2)c2ccccc2)cc2c1B3c1cc3c(cc1N2c1ccccc1)N(c1ccccc1)c1cc(N(c2ccccc2)c2ccccc2)cc2c1B3c1[se]c3ccc(C(C)(C)C)cc3c1N2c1ccccc1. The van der Waals surface area contributed by atoms with E-state index in [0.717, 1.165) is 79.6 Å². The molecule has 0 aliphatic carbocycles. The van der Waals surface area contributed by atoms with Crippen LogP contribution in [0, 0.1) is 0 Å². The zero-order valence-corrected chi connectivity index (χ0v) is 59.2. The van der Waals surface area contributed by atoms with Crippen molar-refractivity contribution in [3.05, 3.63) is 327 Å². The maximum atomic E-state index is 2.73. The van der Waals surface area contributed by atoms with Gasteiger partial charge >= 0.3 is 513 Å². The molecule has 4 aliphatic rings. The summed E-state index contributed by atoms with van der Waals surface area (Å²) in [6.07, 6.45) is 0. The van der Waals surface area contributed by atoms with E-state index in [1.54, 1.807) is 0 Å². The van der Waals surface area contributed by atoms with Gasteiger partial charge in [-0.3, -0.25) is 0 Å². The summed E-state index contributed by atoms with van der Waals surface area (Å²) in [7, 11) is 0. The molecule has 10 heteroatoms. The van der Waals surface area contributed by atoms with Gasteiger partial charge in [-0.15, -0.1) is 0 Å². The van der Waals surface area contributed by atoms with Gasteiger partial charge in [-0.1, -0.05) is 63.2 Å². The standard InChI is InChI=1S/C90H70B2N6SSe/c1-89(2,3)59-47-49-81-71(51-59)85-87(99-81)91-73-57-74-76(58-75(73)95(65-39-23-11-24-40-65)77-53-69(55-79(83(77)91)97(85)67-43-27-13-28-44-67)93(61-31-15-7-16-32-61)62-33-17-8-18-34-62)96(66-41-25-12-26-42-66)78-54-70(94(63-35-19-9-20-36-63)64-37-21-10-22-38-64)56-80-84(78)92(74)88-86(98(80)68-45-29-14-30-46-68)72-52-60(90(4,5)6)48-50-82(72)100-88/h7-58H,1-6H3. The second-order valence-corrected chi connectivity index (χ2v) is 32.2. The van der Waals surface area contributed by atoms with Gasteiger partial charge in [0, 0.05) is 0 Å². The molecule has 0 spiro atoms. The van der Waals surface area contributed by atoms with Gasteiger partial charge < -0.3 is 0 Å². The van der Waals surface area contributed by atoms with E-state index in [0.29, 0.717) is 0 Å². The summed E-state index contributed by atoms with van der Waals surface area (Å²) < 4.78 is 5.53. The van der Waals surface area contributed by atoms with E-state index in [1.807, 2.05) is 11.3 Å². The van der Waals surface area contributed by atoms with E-state index in [9.17, 15) is 0 Å². The molecule has 100 heavy (non-hydrogen) atoms. The number of nitrogens with zero attached hydrogens (tertiary/aromatic N) is 6. The number of hydrogen-bond acceptors (Lipinski definition) is 7. The Hall–Kier alpha value is -11.0. The third-order valence-corrected chi connectivity index (χ3v) is 24.6. The molecular weight excluding hydrogens is 1300 g/mol. The third-order valence-electron chi connectivity index (χ3n) is 20.8. The van der Waals surface area contributed by atoms with Gasteiger partial charge in [-0.05, 0) is 24.3 Å². The monoisotopic (exact) mass is 1370 g/mol. The van der Waals surface area contributed by atoms with Crippen LogP contribution >= 0.6 is 11.3 Å². The normalized spacial score (nSPS) is 13.4. The van der Waals surface area contributed by atoms with Crippen molar-refractivity contribution in [3.63, 3.8) is 0 Å². The average Bonchev–Trinajstić information content (AvgIpc) is 1.20. The van der Waals surface area contributed by atoms with Crippen molar-refractivity contribution in [2.45, 2.75) is 52.4 Å². The van der Waals surface area contributed by atoms with Crippen LogP contribution in [0.15, 0.2) is 315 Å². The number of thiophene rings is 1. The van der Waals surface area contributed by atoms with Gasteiger partial charge in [0.2, 0.25) is 0 Å². The Morgan fingerprint density at radius 1 is 0.310 bits per heavy atom. The van der Waals surface area contributed by atoms with Crippen LogP contribution in [0.1, 0.15) is 52.7 Å². The molecule has 2 aromatic heterocycles. The van der Waals surface area contributed by atoms with Crippen molar-refractivity contribution >= 4 is 192 Å². The van der Waals surface area contributed by atoms with Crippen LogP contribution in [-0.2, 0) is 10.8 Å². The Morgan fingerprint density at radius 2 is 0.660 bits per heavy atom. The summed E-state index contributed by atoms with van der Waals surface area (Å²) in [4.78, 5) is 15.5. The van der Waals surface area contributed by atoms with E-state index in [-0.39, 0.29) is 38.8 Å². The van der Waals surface area contributed by atoms with E-state index >= 15 is 0 Å². The number of rotatable bonds is 10.